The second-order valence-electron chi connectivity index (χ2n) is 5.01. The molecule has 2 aromatic carbocycles. The largest absolute Gasteiger partial charge is 0.481 e. The molecule has 0 saturated heterocycles. The summed E-state index contributed by atoms with van der Waals surface area (Å²) in [4.78, 5) is 16.0. The van der Waals surface area contributed by atoms with Crippen LogP contribution in [0.2, 0.25) is 0 Å². The van der Waals surface area contributed by atoms with Crippen LogP contribution in [0.3, 0.4) is 0 Å². The molecule has 3 rings (SSSR count). The molecule has 1 atom stereocenters. The lowest BCUT2D eigenvalue weighted by molar-refractivity contribution is -0.122. The molecule has 3 aromatic rings. The number of oxazole rings is 1. The maximum Gasteiger partial charge on any atom is 0.265 e. The zero-order valence-corrected chi connectivity index (χ0v) is 12.6. The summed E-state index contributed by atoms with van der Waals surface area (Å²) in [7, 11) is 0. The van der Waals surface area contributed by atoms with Gasteiger partial charge >= 0.3 is 0 Å². The van der Waals surface area contributed by atoms with Gasteiger partial charge in [0.15, 0.2) is 18.3 Å². The van der Waals surface area contributed by atoms with Crippen LogP contribution >= 0.6 is 0 Å². The molecule has 1 aromatic heterocycles. The van der Waals surface area contributed by atoms with Gasteiger partial charge in [0.05, 0.1) is 6.20 Å². The fourth-order valence-corrected chi connectivity index (χ4v) is 2.08. The number of rotatable bonds is 5. The number of benzene rings is 2. The lowest BCUT2D eigenvalue weighted by atomic mass is 10.1. The quantitative estimate of drug-likeness (QED) is 0.779. The summed E-state index contributed by atoms with van der Waals surface area (Å²) >= 11 is 0. The van der Waals surface area contributed by atoms with Crippen molar-refractivity contribution in [2.24, 2.45) is 0 Å². The standard InChI is InChI=1S/C18H16N2O3/c1-13(23-16-5-3-2-4-6-16)18(21)20-15-9-7-14(8-10-15)17-11-19-12-22-17/h2-13H,1H3,(H,20,21)/t13-/m0/s1. The van der Waals surface area contributed by atoms with Crippen molar-refractivity contribution in [3.8, 4) is 17.1 Å². The van der Waals surface area contributed by atoms with E-state index in [0.29, 0.717) is 17.2 Å². The van der Waals surface area contributed by atoms with Crippen molar-refractivity contribution in [2.45, 2.75) is 13.0 Å². The minimum atomic E-state index is -0.591. The normalized spacial score (nSPS) is 11.7. The molecule has 1 heterocycles. The van der Waals surface area contributed by atoms with Crippen LogP contribution in [0, 0.1) is 0 Å². The maximum absolute atomic E-state index is 12.2. The van der Waals surface area contributed by atoms with Gasteiger partial charge in [-0.2, -0.15) is 0 Å². The number of hydrogen-bond donors (Lipinski definition) is 1. The highest BCUT2D eigenvalue weighted by Gasteiger charge is 2.14. The Morgan fingerprint density at radius 3 is 2.52 bits per heavy atom. The highest BCUT2D eigenvalue weighted by molar-refractivity contribution is 5.94. The minimum absolute atomic E-state index is 0.207. The number of amides is 1. The van der Waals surface area contributed by atoms with E-state index in [1.54, 1.807) is 13.1 Å². The van der Waals surface area contributed by atoms with Crippen molar-refractivity contribution in [3.63, 3.8) is 0 Å². The lowest BCUT2D eigenvalue weighted by Gasteiger charge is -2.14. The third kappa shape index (κ3) is 3.77. The summed E-state index contributed by atoms with van der Waals surface area (Å²) < 4.78 is 10.8. The van der Waals surface area contributed by atoms with Crippen LogP contribution in [-0.4, -0.2) is 17.0 Å². The second kappa shape index (κ2) is 6.79. The fraction of sp³-hybridized carbons (Fsp3) is 0.111. The molecule has 0 spiro atoms. The van der Waals surface area contributed by atoms with Gasteiger partial charge in [0.1, 0.15) is 5.75 Å². The van der Waals surface area contributed by atoms with Gasteiger partial charge in [0.2, 0.25) is 0 Å². The second-order valence-corrected chi connectivity index (χ2v) is 5.01. The number of carbonyl (C=O) groups excluding carboxylic acids is 1. The van der Waals surface area contributed by atoms with Crippen LogP contribution in [0.25, 0.3) is 11.3 Å². The number of nitrogens with zero attached hydrogens (tertiary/aromatic N) is 1. The Labute approximate surface area is 133 Å². The van der Waals surface area contributed by atoms with Crippen molar-refractivity contribution < 1.29 is 13.9 Å². The first kappa shape index (κ1) is 14.8. The molecular weight excluding hydrogens is 292 g/mol. The molecule has 0 aliphatic heterocycles. The Morgan fingerprint density at radius 2 is 1.87 bits per heavy atom. The Balaban J connectivity index is 1.61. The molecule has 0 radical (unpaired) electrons. The third-order valence-electron chi connectivity index (χ3n) is 3.29. The Morgan fingerprint density at radius 1 is 1.13 bits per heavy atom. The highest BCUT2D eigenvalue weighted by atomic mass is 16.5. The van der Waals surface area contributed by atoms with E-state index in [4.69, 9.17) is 9.15 Å². The number of ether oxygens (including phenoxy) is 1. The summed E-state index contributed by atoms with van der Waals surface area (Å²) in [5, 5.41) is 2.82. The van der Waals surface area contributed by atoms with Crippen LogP contribution < -0.4 is 10.1 Å². The molecule has 0 bridgehead atoms. The van der Waals surface area contributed by atoms with Gasteiger partial charge in [-0.3, -0.25) is 4.79 Å². The van der Waals surface area contributed by atoms with E-state index in [-0.39, 0.29) is 5.91 Å². The van der Waals surface area contributed by atoms with Gasteiger partial charge < -0.3 is 14.5 Å². The van der Waals surface area contributed by atoms with Gasteiger partial charge in [-0.05, 0) is 43.3 Å². The first-order valence-corrected chi connectivity index (χ1v) is 7.24. The zero-order valence-electron chi connectivity index (χ0n) is 12.6. The monoisotopic (exact) mass is 308 g/mol. The summed E-state index contributed by atoms with van der Waals surface area (Å²) in [6.07, 6.45) is 2.43. The Bertz CT molecular complexity index is 753. The van der Waals surface area contributed by atoms with E-state index in [9.17, 15) is 4.79 Å². The van der Waals surface area contributed by atoms with Gasteiger partial charge in [-0.15, -0.1) is 0 Å². The predicted octanol–water partition coefficient (Wildman–Crippen LogP) is 3.75. The molecule has 1 amide bonds. The lowest BCUT2D eigenvalue weighted by Crippen LogP contribution is -2.30. The number of hydrogen-bond acceptors (Lipinski definition) is 4. The van der Waals surface area contributed by atoms with Crippen LogP contribution in [0.15, 0.2) is 71.6 Å². The first-order valence-electron chi connectivity index (χ1n) is 7.24. The van der Waals surface area contributed by atoms with Gasteiger partial charge in [0.25, 0.3) is 5.91 Å². The first-order chi connectivity index (χ1) is 11.2. The Kier molecular flexibility index (Phi) is 4.38. The van der Waals surface area contributed by atoms with Crippen molar-refractivity contribution in [1.29, 1.82) is 0 Å². The molecule has 0 aliphatic rings. The number of para-hydroxylation sites is 1. The smallest absolute Gasteiger partial charge is 0.265 e. The zero-order chi connectivity index (χ0) is 16.1. The van der Waals surface area contributed by atoms with Gasteiger partial charge in [-0.1, -0.05) is 18.2 Å². The minimum Gasteiger partial charge on any atom is -0.481 e. The molecule has 0 unspecified atom stereocenters. The van der Waals surface area contributed by atoms with Gasteiger partial charge in [0, 0.05) is 11.3 Å². The van der Waals surface area contributed by atoms with Crippen molar-refractivity contribution in [2.75, 3.05) is 5.32 Å². The number of aromatic nitrogens is 1. The van der Waals surface area contributed by atoms with Crippen molar-refractivity contribution in [1.82, 2.24) is 4.98 Å². The molecule has 0 saturated carbocycles. The average Bonchev–Trinajstić information content (AvgIpc) is 3.11. The highest BCUT2D eigenvalue weighted by Crippen LogP contribution is 2.21. The molecule has 116 valence electrons. The molecule has 1 N–H and O–H groups in total. The van der Waals surface area contributed by atoms with Crippen LogP contribution in [0.4, 0.5) is 5.69 Å². The summed E-state index contributed by atoms with van der Waals surface area (Å²) in [6, 6.07) is 16.6. The van der Waals surface area contributed by atoms with Crippen molar-refractivity contribution in [3.05, 3.63) is 67.2 Å². The third-order valence-corrected chi connectivity index (χ3v) is 3.29. The molecule has 23 heavy (non-hydrogen) atoms. The van der Waals surface area contributed by atoms with E-state index in [1.807, 2.05) is 54.6 Å². The van der Waals surface area contributed by atoms with E-state index < -0.39 is 6.10 Å². The molecular formula is C18H16N2O3. The van der Waals surface area contributed by atoms with E-state index in [1.165, 1.54) is 6.39 Å². The molecule has 5 heteroatoms. The average molecular weight is 308 g/mol. The number of nitrogens with one attached hydrogen (secondary N) is 1. The maximum atomic E-state index is 12.2. The fourth-order valence-electron chi connectivity index (χ4n) is 2.08. The van der Waals surface area contributed by atoms with Crippen LogP contribution in [-0.2, 0) is 4.79 Å². The Hall–Kier alpha value is -3.08. The number of anilines is 1. The molecule has 0 aliphatic carbocycles. The summed E-state index contributed by atoms with van der Waals surface area (Å²) in [5.74, 6) is 1.14. The summed E-state index contributed by atoms with van der Waals surface area (Å²) in [5.41, 5.74) is 1.59. The number of carbonyl (C=O) groups is 1. The van der Waals surface area contributed by atoms with E-state index in [0.717, 1.165) is 5.56 Å². The van der Waals surface area contributed by atoms with E-state index >= 15 is 0 Å². The topological polar surface area (TPSA) is 64.4 Å². The SMILES string of the molecule is C[C@H](Oc1ccccc1)C(=O)Nc1ccc(-c2cnco2)cc1. The van der Waals surface area contributed by atoms with Crippen molar-refractivity contribution >= 4 is 11.6 Å². The van der Waals surface area contributed by atoms with Crippen LogP contribution in [0.5, 0.6) is 5.75 Å². The van der Waals surface area contributed by atoms with Gasteiger partial charge in [-0.25, -0.2) is 4.98 Å². The molecule has 0 fully saturated rings. The summed E-state index contributed by atoms with van der Waals surface area (Å²) in [6.45, 7) is 1.71. The molecule has 5 nitrogen and oxygen atoms in total. The predicted molar refractivity (Wildman–Crippen MR) is 87.1 cm³/mol. The van der Waals surface area contributed by atoms with Crippen LogP contribution in [0.1, 0.15) is 6.92 Å². The van der Waals surface area contributed by atoms with E-state index in [2.05, 4.69) is 10.3 Å².